The number of hydrogen-bond acceptors (Lipinski definition) is 4. The minimum absolute atomic E-state index is 0.669. The molecule has 0 aromatic heterocycles. The second kappa shape index (κ2) is 20.6. The van der Waals surface area contributed by atoms with Crippen molar-refractivity contribution in [2.24, 2.45) is 0 Å². The molecule has 70 heavy (non-hydrogen) atoms. The van der Waals surface area contributed by atoms with E-state index in [1.54, 1.807) is 0 Å². The van der Waals surface area contributed by atoms with E-state index in [0.29, 0.717) is 26.4 Å². The molecule has 0 heterocycles. The van der Waals surface area contributed by atoms with Gasteiger partial charge in [0, 0.05) is 55.2 Å². The maximum absolute atomic E-state index is 7.08. The summed E-state index contributed by atoms with van der Waals surface area (Å²) in [5.41, 5.74) is 0. The molecule has 0 aliphatic rings. The first-order valence-corrected chi connectivity index (χ1v) is 27.3. The molecule has 0 N–H and O–H groups in total. The third kappa shape index (κ3) is 7.91. The van der Waals surface area contributed by atoms with Crippen LogP contribution in [0.3, 0.4) is 0 Å². The molecule has 11 aromatic rings. The van der Waals surface area contributed by atoms with Gasteiger partial charge in [-0.3, -0.25) is 0 Å². The predicted molar refractivity (Wildman–Crippen MR) is 302 cm³/mol. The van der Waals surface area contributed by atoms with Crippen LogP contribution in [0.2, 0.25) is 0 Å². The molecule has 358 valence electrons. The Kier molecular flexibility index (Phi) is 13.6. The van der Waals surface area contributed by atoms with Gasteiger partial charge in [-0.05, 0) is 90.3 Å². The third-order valence-electron chi connectivity index (χ3n) is 15.4. The molecule has 0 fully saturated rings. The molecule has 0 amide bonds. The standard InChI is InChI=1S/C66H70O4/c1-5-9-13-25-37-67-51-41-52(68-38-26-14-10-6-2)56-44-30-18-22-34-48(44)60-62-50-36-24-20-32-46(50)58-54(70-40-28-16-12-8-4)42-53(69-39-27-15-11-7-3)57-45-31-19-23-35-49(45)61(66(62)64(57)58)59-47-33-21-17-29-43(47)55(51)63(56)65(59)60/h17-24,29-36,41-42H,5-16,25-28,37-40H2,1-4H3. The Morgan fingerprint density at radius 3 is 0.643 bits per heavy atom. The Morgan fingerprint density at radius 1 is 0.229 bits per heavy atom. The van der Waals surface area contributed by atoms with E-state index in [9.17, 15) is 0 Å². The van der Waals surface area contributed by atoms with Crippen LogP contribution in [0.5, 0.6) is 23.0 Å². The quantitative estimate of drug-likeness (QED) is 0.0344. The molecule has 11 rings (SSSR count). The summed E-state index contributed by atoms with van der Waals surface area (Å²) in [5.74, 6) is 3.68. The van der Waals surface area contributed by atoms with E-state index in [1.165, 1.54) is 159 Å². The van der Waals surface area contributed by atoms with Crippen LogP contribution in [0.1, 0.15) is 130 Å². The molecule has 0 atom stereocenters. The van der Waals surface area contributed by atoms with Gasteiger partial charge in [-0.15, -0.1) is 0 Å². The molecule has 0 saturated carbocycles. The van der Waals surface area contributed by atoms with E-state index < -0.39 is 0 Å². The summed E-state index contributed by atoms with van der Waals surface area (Å²) in [4.78, 5) is 0. The van der Waals surface area contributed by atoms with Gasteiger partial charge >= 0.3 is 0 Å². The molecular formula is C66H70O4. The Labute approximate surface area is 413 Å². The topological polar surface area (TPSA) is 36.9 Å². The van der Waals surface area contributed by atoms with Crippen LogP contribution in [0.4, 0.5) is 0 Å². The van der Waals surface area contributed by atoms with E-state index in [0.717, 1.165) is 74.4 Å². The highest BCUT2D eigenvalue weighted by molar-refractivity contribution is 6.56. The van der Waals surface area contributed by atoms with Crippen molar-refractivity contribution >= 4 is 108 Å². The first kappa shape index (κ1) is 46.1. The largest absolute Gasteiger partial charge is 0.493 e. The fourth-order valence-electron chi connectivity index (χ4n) is 12.1. The van der Waals surface area contributed by atoms with Crippen LogP contribution >= 0.6 is 0 Å². The maximum Gasteiger partial charge on any atom is 0.131 e. The number of fused-ring (bicyclic) bond motifs is 14. The summed E-state index contributed by atoms with van der Waals surface area (Å²) < 4.78 is 28.3. The fourth-order valence-corrected chi connectivity index (χ4v) is 12.1. The number of hydrogen-bond donors (Lipinski definition) is 0. The highest BCUT2D eigenvalue weighted by Gasteiger charge is 2.31. The summed E-state index contributed by atoms with van der Waals surface area (Å²) >= 11 is 0. The van der Waals surface area contributed by atoms with Crippen molar-refractivity contribution in [3.63, 3.8) is 0 Å². The van der Waals surface area contributed by atoms with Gasteiger partial charge in [-0.1, -0.05) is 202 Å². The monoisotopic (exact) mass is 927 g/mol. The van der Waals surface area contributed by atoms with E-state index >= 15 is 0 Å². The van der Waals surface area contributed by atoms with Gasteiger partial charge in [-0.25, -0.2) is 0 Å². The first-order valence-electron chi connectivity index (χ1n) is 27.3. The number of benzene rings is 11. The molecule has 0 unspecified atom stereocenters. The van der Waals surface area contributed by atoms with Crippen molar-refractivity contribution < 1.29 is 18.9 Å². The lowest BCUT2D eigenvalue weighted by Crippen LogP contribution is -2.04. The summed E-state index contributed by atoms with van der Waals surface area (Å²) in [6, 6.07) is 41.1. The molecule has 0 aliphatic heterocycles. The van der Waals surface area contributed by atoms with Crippen molar-refractivity contribution in [2.75, 3.05) is 26.4 Å². The average Bonchev–Trinajstić information content (AvgIpc) is 3.40. The SMILES string of the molecule is CCCCCCOc1cc(OCCCCCC)c2c3ccccc3c3c4c5ccccc5c5c(OCCCCCC)cc(OCCCCCC)c6c7ccccc7c(c7c8ccccc8c1c2c73)c4c65. The van der Waals surface area contributed by atoms with Crippen molar-refractivity contribution in [1.82, 2.24) is 0 Å². The van der Waals surface area contributed by atoms with E-state index in [4.69, 9.17) is 18.9 Å². The van der Waals surface area contributed by atoms with Crippen LogP contribution in [0.25, 0.3) is 108 Å². The highest BCUT2D eigenvalue weighted by atomic mass is 16.5. The van der Waals surface area contributed by atoms with Crippen LogP contribution in [0, 0.1) is 0 Å². The van der Waals surface area contributed by atoms with Crippen molar-refractivity contribution in [3.05, 3.63) is 109 Å². The highest BCUT2D eigenvalue weighted by Crippen LogP contribution is 2.59. The Balaban J connectivity index is 1.35. The predicted octanol–water partition coefficient (Wildman–Crippen LogP) is 19.9. The van der Waals surface area contributed by atoms with Crippen molar-refractivity contribution in [3.8, 4) is 23.0 Å². The zero-order valence-electron chi connectivity index (χ0n) is 42.2. The van der Waals surface area contributed by atoms with E-state index in [1.807, 2.05) is 0 Å². The lowest BCUT2D eigenvalue weighted by Gasteiger charge is -2.27. The molecular weight excluding hydrogens is 857 g/mol. The summed E-state index contributed by atoms with van der Waals surface area (Å²) in [7, 11) is 0. The Hall–Kier alpha value is -6.26. The number of ether oxygens (including phenoxy) is 4. The second-order valence-electron chi connectivity index (χ2n) is 20.1. The summed E-state index contributed by atoms with van der Waals surface area (Å²) in [5, 5.41) is 24.8. The van der Waals surface area contributed by atoms with Gasteiger partial charge in [-0.2, -0.15) is 0 Å². The smallest absolute Gasteiger partial charge is 0.131 e. The second-order valence-corrected chi connectivity index (χ2v) is 20.1. The Bertz CT molecular complexity index is 3160. The molecule has 0 spiro atoms. The van der Waals surface area contributed by atoms with Crippen molar-refractivity contribution in [1.29, 1.82) is 0 Å². The zero-order valence-corrected chi connectivity index (χ0v) is 42.2. The first-order chi connectivity index (χ1) is 34.7. The minimum atomic E-state index is 0.669. The lowest BCUT2D eigenvalue weighted by atomic mass is 9.77. The minimum Gasteiger partial charge on any atom is -0.493 e. The average molecular weight is 927 g/mol. The van der Waals surface area contributed by atoms with Gasteiger partial charge in [0.2, 0.25) is 0 Å². The maximum atomic E-state index is 7.08. The summed E-state index contributed by atoms with van der Waals surface area (Å²) in [6.45, 7) is 11.8. The van der Waals surface area contributed by atoms with Gasteiger partial charge in [0.1, 0.15) is 23.0 Å². The van der Waals surface area contributed by atoms with Crippen LogP contribution < -0.4 is 18.9 Å². The molecule has 0 radical (unpaired) electrons. The normalized spacial score (nSPS) is 12.3. The molecule has 11 aromatic carbocycles. The van der Waals surface area contributed by atoms with Crippen LogP contribution in [-0.2, 0) is 0 Å². The molecule has 4 heteroatoms. The molecule has 4 nitrogen and oxygen atoms in total. The zero-order chi connectivity index (χ0) is 47.6. The third-order valence-corrected chi connectivity index (χ3v) is 15.4. The molecule has 0 bridgehead atoms. The van der Waals surface area contributed by atoms with E-state index in [-0.39, 0.29) is 0 Å². The number of unbranched alkanes of at least 4 members (excludes halogenated alkanes) is 12. The molecule has 0 saturated heterocycles. The molecule has 0 aliphatic carbocycles. The Morgan fingerprint density at radius 2 is 0.429 bits per heavy atom. The van der Waals surface area contributed by atoms with Gasteiger partial charge in [0.15, 0.2) is 0 Å². The lowest BCUT2D eigenvalue weighted by molar-refractivity contribution is 0.295. The van der Waals surface area contributed by atoms with Gasteiger partial charge in [0.05, 0.1) is 26.4 Å². The van der Waals surface area contributed by atoms with Gasteiger partial charge < -0.3 is 18.9 Å². The number of rotatable bonds is 24. The van der Waals surface area contributed by atoms with Crippen molar-refractivity contribution in [2.45, 2.75) is 130 Å². The van der Waals surface area contributed by atoms with Crippen LogP contribution in [0.15, 0.2) is 109 Å². The summed E-state index contributed by atoms with van der Waals surface area (Å²) in [6.07, 6.45) is 18.3. The van der Waals surface area contributed by atoms with E-state index in [2.05, 4.69) is 137 Å². The fraction of sp³-hybridized carbons (Fsp3) is 0.364. The van der Waals surface area contributed by atoms with Gasteiger partial charge in [0.25, 0.3) is 0 Å². The van der Waals surface area contributed by atoms with Crippen LogP contribution in [-0.4, -0.2) is 26.4 Å².